The number of para-hydroxylation sites is 1. The molecule has 0 fully saturated rings. The normalized spacial score (nSPS) is 11.7. The summed E-state index contributed by atoms with van der Waals surface area (Å²) in [5.74, 6) is 1.97. The first-order valence-electron chi connectivity index (χ1n) is 18.1. The molecule has 0 saturated carbocycles. The van der Waals surface area contributed by atoms with Crippen LogP contribution in [-0.4, -0.2) is 19.5 Å². The van der Waals surface area contributed by atoms with Gasteiger partial charge in [-0.1, -0.05) is 133 Å². The molecule has 0 unspecified atom stereocenters. The molecular formula is C49H30N4S. The monoisotopic (exact) mass is 706 g/mol. The smallest absolute Gasteiger partial charge is 0.164 e. The largest absolute Gasteiger partial charge is 0.309 e. The van der Waals surface area contributed by atoms with E-state index in [1.165, 1.54) is 52.8 Å². The highest BCUT2D eigenvalue weighted by Gasteiger charge is 2.16. The van der Waals surface area contributed by atoms with Crippen LogP contribution in [0.1, 0.15) is 0 Å². The van der Waals surface area contributed by atoms with Crippen LogP contribution < -0.4 is 0 Å². The molecule has 11 aromatic rings. The molecule has 0 spiro atoms. The zero-order valence-corrected chi connectivity index (χ0v) is 29.8. The number of fused-ring (bicyclic) bond motifs is 8. The Morgan fingerprint density at radius 3 is 1.69 bits per heavy atom. The first-order valence-corrected chi connectivity index (χ1v) is 18.9. The second-order valence-electron chi connectivity index (χ2n) is 13.6. The number of hydrogen-bond acceptors (Lipinski definition) is 4. The first kappa shape index (κ1) is 30.7. The van der Waals surface area contributed by atoms with Crippen LogP contribution in [0.3, 0.4) is 0 Å². The van der Waals surface area contributed by atoms with Gasteiger partial charge in [0.25, 0.3) is 0 Å². The Balaban J connectivity index is 0.965. The van der Waals surface area contributed by atoms with Crippen molar-refractivity contribution in [2.24, 2.45) is 0 Å². The van der Waals surface area contributed by atoms with Crippen LogP contribution in [0.15, 0.2) is 182 Å². The predicted molar refractivity (Wildman–Crippen MR) is 226 cm³/mol. The maximum Gasteiger partial charge on any atom is 0.164 e. The summed E-state index contributed by atoms with van der Waals surface area (Å²) in [6.45, 7) is 0. The zero-order chi connectivity index (χ0) is 35.6. The third kappa shape index (κ3) is 5.01. The van der Waals surface area contributed by atoms with Crippen LogP contribution in [0.2, 0.25) is 0 Å². The van der Waals surface area contributed by atoms with E-state index in [-0.39, 0.29) is 0 Å². The summed E-state index contributed by atoms with van der Waals surface area (Å²) in [6, 6.07) is 64.5. The molecule has 11 rings (SSSR count). The van der Waals surface area contributed by atoms with Crippen molar-refractivity contribution in [2.45, 2.75) is 0 Å². The molecule has 252 valence electrons. The maximum absolute atomic E-state index is 5.06. The van der Waals surface area contributed by atoms with Crippen molar-refractivity contribution < 1.29 is 0 Å². The lowest BCUT2D eigenvalue weighted by Crippen LogP contribution is -2.00. The van der Waals surface area contributed by atoms with Gasteiger partial charge in [0, 0.05) is 53.3 Å². The molecule has 5 heteroatoms. The van der Waals surface area contributed by atoms with Crippen molar-refractivity contribution in [3.8, 4) is 51.0 Å². The maximum atomic E-state index is 5.06. The van der Waals surface area contributed by atoms with Gasteiger partial charge in [-0.2, -0.15) is 0 Å². The second-order valence-corrected chi connectivity index (χ2v) is 14.7. The molecule has 0 amide bonds. The highest BCUT2D eigenvalue weighted by atomic mass is 32.1. The van der Waals surface area contributed by atoms with E-state index >= 15 is 0 Å². The topological polar surface area (TPSA) is 43.6 Å². The van der Waals surface area contributed by atoms with Crippen LogP contribution in [0.4, 0.5) is 0 Å². The number of nitrogens with zero attached hydrogens (tertiary/aromatic N) is 4. The van der Waals surface area contributed by atoms with Gasteiger partial charge in [-0.25, -0.2) is 15.0 Å². The molecule has 3 heterocycles. The van der Waals surface area contributed by atoms with Gasteiger partial charge >= 0.3 is 0 Å². The minimum Gasteiger partial charge on any atom is -0.309 e. The number of thiophene rings is 1. The van der Waals surface area contributed by atoms with Crippen LogP contribution in [0.25, 0.3) is 104 Å². The summed E-state index contributed by atoms with van der Waals surface area (Å²) >= 11 is 1.81. The van der Waals surface area contributed by atoms with Crippen molar-refractivity contribution >= 4 is 64.1 Å². The second kappa shape index (κ2) is 12.3. The van der Waals surface area contributed by atoms with E-state index in [1.807, 2.05) is 41.7 Å². The summed E-state index contributed by atoms with van der Waals surface area (Å²) in [5, 5.41) is 7.56. The van der Waals surface area contributed by atoms with Gasteiger partial charge in [-0.05, 0) is 70.4 Å². The molecule has 0 N–H and O–H groups in total. The summed E-state index contributed by atoms with van der Waals surface area (Å²) < 4.78 is 4.91. The third-order valence-corrected chi connectivity index (χ3v) is 11.6. The molecule has 3 aromatic heterocycles. The minimum absolute atomic E-state index is 0.648. The summed E-state index contributed by atoms with van der Waals surface area (Å²) in [7, 11) is 0. The van der Waals surface area contributed by atoms with E-state index in [2.05, 4.69) is 156 Å². The lowest BCUT2D eigenvalue weighted by Gasteiger charge is -2.11. The molecular weight excluding hydrogens is 677 g/mol. The van der Waals surface area contributed by atoms with Crippen molar-refractivity contribution in [3.63, 3.8) is 0 Å². The Bertz CT molecular complexity index is 3200. The quantitative estimate of drug-likeness (QED) is 0.179. The Kier molecular flexibility index (Phi) is 7.00. The predicted octanol–water partition coefficient (Wildman–Crippen LogP) is 13.2. The molecule has 0 saturated heterocycles. The Morgan fingerprint density at radius 2 is 0.907 bits per heavy atom. The Morgan fingerprint density at radius 1 is 0.352 bits per heavy atom. The highest BCUT2D eigenvalue weighted by molar-refractivity contribution is 7.25. The molecule has 0 aliphatic rings. The van der Waals surface area contributed by atoms with E-state index in [1.54, 1.807) is 0 Å². The van der Waals surface area contributed by atoms with Crippen LogP contribution in [0, 0.1) is 0 Å². The fourth-order valence-corrected chi connectivity index (χ4v) is 8.93. The van der Waals surface area contributed by atoms with Crippen molar-refractivity contribution in [1.82, 2.24) is 19.5 Å². The van der Waals surface area contributed by atoms with Crippen LogP contribution in [-0.2, 0) is 0 Å². The summed E-state index contributed by atoms with van der Waals surface area (Å²) in [5.41, 5.74) is 8.70. The van der Waals surface area contributed by atoms with Gasteiger partial charge in [-0.15, -0.1) is 11.3 Å². The van der Waals surface area contributed by atoms with E-state index in [0.717, 1.165) is 33.5 Å². The lowest BCUT2D eigenvalue weighted by molar-refractivity contribution is 1.07. The highest BCUT2D eigenvalue weighted by Crippen LogP contribution is 2.38. The van der Waals surface area contributed by atoms with Crippen LogP contribution >= 0.6 is 11.3 Å². The molecule has 0 radical (unpaired) electrons. The number of benzene rings is 8. The SMILES string of the molecule is c1ccc(-c2nc(-c3ccc(-c4ccc(-n5c6ccccc6c6c7ccccc7ccc65)cc4)cc3)nc(-c3ccc4sc5ccccc5c4c3)n2)cc1. The van der Waals surface area contributed by atoms with Crippen molar-refractivity contribution in [3.05, 3.63) is 182 Å². The summed E-state index contributed by atoms with van der Waals surface area (Å²) in [4.78, 5) is 15.0. The molecule has 0 atom stereocenters. The molecule has 8 aromatic carbocycles. The Hall–Kier alpha value is -6.95. The number of aromatic nitrogens is 4. The molecule has 54 heavy (non-hydrogen) atoms. The zero-order valence-electron chi connectivity index (χ0n) is 29.0. The van der Waals surface area contributed by atoms with Crippen molar-refractivity contribution in [1.29, 1.82) is 0 Å². The third-order valence-electron chi connectivity index (χ3n) is 10.5. The van der Waals surface area contributed by atoms with Gasteiger partial charge in [0.05, 0.1) is 11.0 Å². The molecule has 4 nitrogen and oxygen atoms in total. The van der Waals surface area contributed by atoms with E-state index < -0.39 is 0 Å². The summed E-state index contributed by atoms with van der Waals surface area (Å²) in [6.07, 6.45) is 0. The van der Waals surface area contributed by atoms with Gasteiger partial charge in [-0.3, -0.25) is 0 Å². The van der Waals surface area contributed by atoms with Gasteiger partial charge in [0.1, 0.15) is 0 Å². The van der Waals surface area contributed by atoms with Gasteiger partial charge in [0.2, 0.25) is 0 Å². The van der Waals surface area contributed by atoms with Crippen LogP contribution in [0.5, 0.6) is 0 Å². The van der Waals surface area contributed by atoms with Gasteiger partial charge < -0.3 is 4.57 Å². The lowest BCUT2D eigenvalue weighted by atomic mass is 10.0. The van der Waals surface area contributed by atoms with E-state index in [9.17, 15) is 0 Å². The average Bonchev–Trinajstić information content (AvgIpc) is 3.80. The number of hydrogen-bond donors (Lipinski definition) is 0. The molecule has 0 aliphatic heterocycles. The minimum atomic E-state index is 0.648. The Labute approximate surface area is 315 Å². The first-order chi connectivity index (χ1) is 26.7. The van der Waals surface area contributed by atoms with Crippen molar-refractivity contribution in [2.75, 3.05) is 0 Å². The fraction of sp³-hybridized carbons (Fsp3) is 0. The fourth-order valence-electron chi connectivity index (χ4n) is 7.85. The molecule has 0 aliphatic carbocycles. The standard InChI is InChI=1S/C49H30N4S/c1-2-11-34(12-3-1)47-50-48(52-49(51-47)36-25-29-45-41(30-36)39-14-7-9-17-44(39)54-45)35-20-18-31(19-21-35)32-22-26-37(27-23-32)53-42-16-8-6-15-40(42)46-38-13-5-4-10-33(38)24-28-43(46)53/h1-30H. The van der Waals surface area contributed by atoms with Gasteiger partial charge in [0.15, 0.2) is 17.5 Å². The van der Waals surface area contributed by atoms with E-state index in [0.29, 0.717) is 17.5 Å². The number of rotatable bonds is 5. The molecule has 0 bridgehead atoms. The van der Waals surface area contributed by atoms with E-state index in [4.69, 9.17) is 15.0 Å². The average molecular weight is 707 g/mol.